The Kier molecular flexibility index (Phi) is 4.15. The van der Waals surface area contributed by atoms with Gasteiger partial charge in [0.1, 0.15) is 17.2 Å². The monoisotopic (exact) mass is 352 g/mol. The minimum absolute atomic E-state index is 0.0193. The topological polar surface area (TPSA) is 34.9 Å². The first-order valence-electron chi connectivity index (χ1n) is 6.45. The van der Waals surface area contributed by atoms with E-state index in [-0.39, 0.29) is 16.9 Å². The van der Waals surface area contributed by atoms with E-state index in [0.717, 1.165) is 12.1 Å². The van der Waals surface area contributed by atoms with E-state index in [9.17, 15) is 13.6 Å². The number of nitrogens with zero attached hydrogens (tertiary/aromatic N) is 2. The summed E-state index contributed by atoms with van der Waals surface area (Å²) >= 11 is 12.0. The van der Waals surface area contributed by atoms with Crippen molar-refractivity contribution in [2.75, 3.05) is 0 Å². The van der Waals surface area contributed by atoms with E-state index in [4.69, 9.17) is 23.2 Å². The molecule has 0 amide bonds. The zero-order valence-corrected chi connectivity index (χ0v) is 12.9. The summed E-state index contributed by atoms with van der Waals surface area (Å²) in [4.78, 5) is 11.3. The van der Waals surface area contributed by atoms with Crippen molar-refractivity contribution >= 4 is 29.5 Å². The van der Waals surface area contributed by atoms with Gasteiger partial charge in [0, 0.05) is 22.8 Å². The molecule has 3 nitrogen and oxygen atoms in total. The molecule has 0 spiro atoms. The van der Waals surface area contributed by atoms with Gasteiger partial charge in [-0.15, -0.1) is 0 Å². The lowest BCUT2D eigenvalue weighted by molar-refractivity contribution is 0.112. The molecule has 0 bridgehead atoms. The molecule has 0 radical (unpaired) electrons. The second kappa shape index (κ2) is 6.10. The maximum atomic E-state index is 13.9. The van der Waals surface area contributed by atoms with Gasteiger partial charge in [-0.2, -0.15) is 5.10 Å². The summed E-state index contributed by atoms with van der Waals surface area (Å²) in [6.07, 6.45) is 1.94. The summed E-state index contributed by atoms with van der Waals surface area (Å²) in [5, 5.41) is 4.95. The summed E-state index contributed by atoms with van der Waals surface area (Å²) < 4.78 is 28.1. The van der Waals surface area contributed by atoms with Crippen LogP contribution in [0.25, 0.3) is 16.9 Å². The Balaban J connectivity index is 2.16. The Morgan fingerprint density at radius 2 is 1.87 bits per heavy atom. The second-order valence-corrected chi connectivity index (χ2v) is 5.56. The summed E-state index contributed by atoms with van der Waals surface area (Å²) in [7, 11) is 0. The van der Waals surface area contributed by atoms with E-state index in [2.05, 4.69) is 5.10 Å². The molecule has 7 heteroatoms. The fourth-order valence-electron chi connectivity index (χ4n) is 2.15. The largest absolute Gasteiger partial charge is 0.298 e. The van der Waals surface area contributed by atoms with Crippen LogP contribution in [0.15, 0.2) is 42.6 Å². The van der Waals surface area contributed by atoms with Crippen molar-refractivity contribution in [1.82, 2.24) is 9.78 Å². The van der Waals surface area contributed by atoms with E-state index in [1.165, 1.54) is 23.0 Å². The standard InChI is InChI=1S/C16H8Cl2F2N2O/c17-10-1-3-12(13(18)5-10)16-9(8-23)7-22(21-16)15-4-2-11(19)6-14(15)20/h1-8H. The third-order valence-electron chi connectivity index (χ3n) is 3.21. The van der Waals surface area contributed by atoms with Gasteiger partial charge >= 0.3 is 0 Å². The van der Waals surface area contributed by atoms with Crippen LogP contribution in [0.2, 0.25) is 10.0 Å². The molecule has 1 heterocycles. The predicted molar refractivity (Wildman–Crippen MR) is 84.3 cm³/mol. The molecule has 0 saturated heterocycles. The molecule has 1 aromatic heterocycles. The van der Waals surface area contributed by atoms with Gasteiger partial charge in [-0.25, -0.2) is 13.5 Å². The summed E-state index contributed by atoms with van der Waals surface area (Å²) in [6, 6.07) is 7.83. The predicted octanol–water partition coefficient (Wildman–Crippen LogP) is 4.94. The Labute approximate surface area is 140 Å². The third kappa shape index (κ3) is 2.98. The van der Waals surface area contributed by atoms with Crippen LogP contribution in [0.1, 0.15) is 10.4 Å². The van der Waals surface area contributed by atoms with Crippen molar-refractivity contribution < 1.29 is 13.6 Å². The van der Waals surface area contributed by atoms with Crippen molar-refractivity contribution in [2.45, 2.75) is 0 Å². The van der Waals surface area contributed by atoms with Crippen LogP contribution < -0.4 is 0 Å². The van der Waals surface area contributed by atoms with Gasteiger partial charge in [0.25, 0.3) is 0 Å². The van der Waals surface area contributed by atoms with Crippen LogP contribution in [0.4, 0.5) is 8.78 Å². The SMILES string of the molecule is O=Cc1cn(-c2ccc(F)cc2F)nc1-c1ccc(Cl)cc1Cl. The summed E-state index contributed by atoms with van der Waals surface area (Å²) in [5.74, 6) is -1.49. The first kappa shape index (κ1) is 15.6. The van der Waals surface area contributed by atoms with E-state index < -0.39 is 11.6 Å². The number of halogens is 4. The number of aromatic nitrogens is 2. The lowest BCUT2D eigenvalue weighted by Crippen LogP contribution is -1.99. The second-order valence-electron chi connectivity index (χ2n) is 4.72. The first-order valence-corrected chi connectivity index (χ1v) is 7.21. The molecule has 116 valence electrons. The number of aldehydes is 1. The lowest BCUT2D eigenvalue weighted by atomic mass is 10.1. The molecule has 0 unspecified atom stereocenters. The highest BCUT2D eigenvalue weighted by Crippen LogP contribution is 2.31. The number of hydrogen-bond donors (Lipinski definition) is 0. The highest BCUT2D eigenvalue weighted by atomic mass is 35.5. The Hall–Kier alpha value is -2.24. The smallest absolute Gasteiger partial charge is 0.153 e. The third-order valence-corrected chi connectivity index (χ3v) is 3.76. The maximum Gasteiger partial charge on any atom is 0.153 e. The van der Waals surface area contributed by atoms with Gasteiger partial charge in [0.05, 0.1) is 10.6 Å². The molecular weight excluding hydrogens is 345 g/mol. The van der Waals surface area contributed by atoms with E-state index in [1.54, 1.807) is 12.1 Å². The van der Waals surface area contributed by atoms with Gasteiger partial charge < -0.3 is 0 Å². The molecule has 2 aromatic carbocycles. The van der Waals surface area contributed by atoms with E-state index >= 15 is 0 Å². The van der Waals surface area contributed by atoms with Crippen LogP contribution in [0, 0.1) is 11.6 Å². The van der Waals surface area contributed by atoms with E-state index in [1.807, 2.05) is 0 Å². The normalized spacial score (nSPS) is 10.8. The zero-order chi connectivity index (χ0) is 16.6. The number of rotatable bonds is 3. The Morgan fingerprint density at radius 3 is 2.52 bits per heavy atom. The molecule has 0 aliphatic heterocycles. The molecule has 0 saturated carbocycles. The zero-order valence-electron chi connectivity index (χ0n) is 11.4. The average molecular weight is 353 g/mol. The maximum absolute atomic E-state index is 13.9. The van der Waals surface area contributed by atoms with Crippen LogP contribution >= 0.6 is 23.2 Å². The molecule has 0 N–H and O–H groups in total. The molecule has 3 aromatic rings. The highest BCUT2D eigenvalue weighted by Gasteiger charge is 2.16. The van der Waals surface area contributed by atoms with Crippen molar-refractivity contribution in [3.8, 4) is 16.9 Å². The highest BCUT2D eigenvalue weighted by molar-refractivity contribution is 6.36. The van der Waals surface area contributed by atoms with Crippen LogP contribution in [0.5, 0.6) is 0 Å². The summed E-state index contributed by atoms with van der Waals surface area (Å²) in [6.45, 7) is 0. The number of carbonyl (C=O) groups excluding carboxylic acids is 1. The molecule has 0 aliphatic carbocycles. The fraction of sp³-hybridized carbons (Fsp3) is 0. The quantitative estimate of drug-likeness (QED) is 0.626. The molecule has 0 aliphatic rings. The molecule has 3 rings (SSSR count). The molecular formula is C16H8Cl2F2N2O. The van der Waals surface area contributed by atoms with Crippen LogP contribution in [0.3, 0.4) is 0 Å². The Morgan fingerprint density at radius 1 is 1.09 bits per heavy atom. The number of benzene rings is 2. The van der Waals surface area contributed by atoms with Gasteiger partial charge in [0.15, 0.2) is 12.1 Å². The minimum Gasteiger partial charge on any atom is -0.298 e. The summed E-state index contributed by atoms with van der Waals surface area (Å²) in [5.41, 5.74) is 1.01. The van der Waals surface area contributed by atoms with Crippen molar-refractivity contribution in [1.29, 1.82) is 0 Å². The van der Waals surface area contributed by atoms with Gasteiger partial charge in [0.2, 0.25) is 0 Å². The van der Waals surface area contributed by atoms with Crippen molar-refractivity contribution in [3.05, 3.63) is 69.8 Å². The van der Waals surface area contributed by atoms with Crippen molar-refractivity contribution in [3.63, 3.8) is 0 Å². The van der Waals surface area contributed by atoms with Gasteiger partial charge in [-0.3, -0.25) is 4.79 Å². The minimum atomic E-state index is -0.793. The van der Waals surface area contributed by atoms with Gasteiger partial charge in [-0.1, -0.05) is 23.2 Å². The van der Waals surface area contributed by atoms with E-state index in [0.29, 0.717) is 21.9 Å². The average Bonchev–Trinajstić information content (AvgIpc) is 2.91. The van der Waals surface area contributed by atoms with Crippen molar-refractivity contribution in [2.24, 2.45) is 0 Å². The number of hydrogen-bond acceptors (Lipinski definition) is 2. The van der Waals surface area contributed by atoms with Crippen LogP contribution in [-0.2, 0) is 0 Å². The van der Waals surface area contributed by atoms with Crippen LogP contribution in [-0.4, -0.2) is 16.1 Å². The Bertz CT molecular complexity index is 909. The first-order chi connectivity index (χ1) is 11.0. The van der Waals surface area contributed by atoms with Gasteiger partial charge in [-0.05, 0) is 30.3 Å². The molecule has 0 fully saturated rings. The molecule has 0 atom stereocenters. The molecule has 23 heavy (non-hydrogen) atoms. The lowest BCUT2D eigenvalue weighted by Gasteiger charge is -2.04. The number of carbonyl (C=O) groups is 1. The fourth-order valence-corrected chi connectivity index (χ4v) is 2.65.